The molecule has 0 amide bonds. The van der Waals surface area contributed by atoms with E-state index in [9.17, 15) is 0 Å². The molecule has 0 fully saturated rings. The molecule has 0 spiro atoms. The first-order valence-corrected chi connectivity index (χ1v) is 10.5. The largest absolute Gasteiger partial charge is 0.241 e. The summed E-state index contributed by atoms with van der Waals surface area (Å²) in [4.78, 5) is 19.8. The number of rotatable bonds is 0. The lowest BCUT2D eigenvalue weighted by Gasteiger charge is -1.88. The highest BCUT2D eigenvalue weighted by Gasteiger charge is 1.85. The van der Waals surface area contributed by atoms with Crippen molar-refractivity contribution in [3.63, 3.8) is 0 Å². The van der Waals surface area contributed by atoms with E-state index >= 15 is 0 Å². The first kappa shape index (κ1) is 31.9. The molecule has 0 saturated heterocycles. The maximum atomic E-state index is 3.97. The van der Waals surface area contributed by atoms with E-state index in [0.717, 1.165) is 34.3 Å². The van der Waals surface area contributed by atoms with Gasteiger partial charge in [0.1, 0.15) is 17.5 Å². The van der Waals surface area contributed by atoms with Gasteiger partial charge in [0, 0.05) is 24.8 Å². The lowest BCUT2D eigenvalue weighted by Crippen LogP contribution is -1.91. The van der Waals surface area contributed by atoms with Gasteiger partial charge in [-0.3, -0.25) is 0 Å². The van der Waals surface area contributed by atoms with E-state index in [0.29, 0.717) is 0 Å². The number of aryl methyl sites for hydroxylation is 6. The summed E-state index contributed by atoms with van der Waals surface area (Å²) in [5, 5.41) is 7.48. The van der Waals surface area contributed by atoms with Gasteiger partial charge in [0.15, 0.2) is 0 Å². The fourth-order valence-corrected chi connectivity index (χ4v) is 1.30. The lowest BCUT2D eigenvalue weighted by molar-refractivity contribution is 0.874. The average molecular weight is 416 g/mol. The molecule has 0 atom stereocenters. The molecule has 0 bridgehead atoms. The molecule has 0 aliphatic carbocycles. The van der Waals surface area contributed by atoms with Crippen molar-refractivity contribution in [3.05, 3.63) is 65.3 Å². The predicted octanol–water partition coefficient (Wildman–Crippen LogP) is 5.75. The van der Waals surface area contributed by atoms with Gasteiger partial charge in [-0.15, -0.1) is 5.10 Å². The molecule has 0 aliphatic rings. The van der Waals surface area contributed by atoms with Gasteiger partial charge < -0.3 is 0 Å². The van der Waals surface area contributed by atoms with Crippen LogP contribution in [0.3, 0.4) is 0 Å². The SMILES string of the molecule is CC.CC.CC.Cc1cnc(C)nc1.Cc1cnc(C)nc1.Cc1cnc(C)nn1. The minimum atomic E-state index is 0.718. The second kappa shape index (κ2) is 22.5. The first-order valence-electron chi connectivity index (χ1n) is 10.5. The second-order valence-corrected chi connectivity index (χ2v) is 5.26. The van der Waals surface area contributed by atoms with E-state index in [1.165, 1.54) is 0 Å². The van der Waals surface area contributed by atoms with E-state index in [2.05, 4.69) is 35.1 Å². The minimum Gasteiger partial charge on any atom is -0.241 e. The highest BCUT2D eigenvalue weighted by molar-refractivity contribution is 5.01. The topological polar surface area (TPSA) is 90.2 Å². The summed E-state index contributed by atoms with van der Waals surface area (Å²) in [5.41, 5.74) is 3.07. The molecular formula is C23H41N7. The van der Waals surface area contributed by atoms with E-state index in [1.54, 1.807) is 6.20 Å². The normalized spacial score (nSPS) is 8.00. The van der Waals surface area contributed by atoms with Crippen molar-refractivity contribution >= 4 is 0 Å². The quantitative estimate of drug-likeness (QED) is 0.461. The van der Waals surface area contributed by atoms with Crippen molar-refractivity contribution in [2.45, 2.75) is 83.1 Å². The third-order valence-corrected chi connectivity index (χ3v) is 2.61. The minimum absolute atomic E-state index is 0.718. The summed E-state index contributed by atoms with van der Waals surface area (Å²) in [7, 11) is 0. The van der Waals surface area contributed by atoms with Gasteiger partial charge in [-0.05, 0) is 52.7 Å². The van der Waals surface area contributed by atoms with Crippen molar-refractivity contribution in [1.82, 2.24) is 35.1 Å². The van der Waals surface area contributed by atoms with Gasteiger partial charge >= 0.3 is 0 Å². The summed E-state index contributed by atoms with van der Waals surface area (Å²) in [6.45, 7) is 23.4. The van der Waals surface area contributed by atoms with Gasteiger partial charge in [-0.25, -0.2) is 24.9 Å². The van der Waals surface area contributed by atoms with E-state index in [-0.39, 0.29) is 0 Å². The Labute approximate surface area is 183 Å². The first-order chi connectivity index (χ1) is 14.4. The Kier molecular flexibility index (Phi) is 23.8. The van der Waals surface area contributed by atoms with Crippen LogP contribution in [-0.4, -0.2) is 35.1 Å². The van der Waals surface area contributed by atoms with E-state index in [1.807, 2.05) is 108 Å². The molecule has 0 aliphatic heterocycles. The molecule has 0 aromatic carbocycles. The van der Waals surface area contributed by atoms with Crippen LogP contribution in [0.25, 0.3) is 0 Å². The van der Waals surface area contributed by atoms with Gasteiger partial charge in [-0.1, -0.05) is 41.5 Å². The molecule has 0 unspecified atom stereocenters. The van der Waals surface area contributed by atoms with E-state index < -0.39 is 0 Å². The molecule has 30 heavy (non-hydrogen) atoms. The molecule has 0 saturated carbocycles. The standard InChI is InChI=1S/2C6H8N2.C5H7N3.3C2H6/c2*1-5-3-7-6(2)8-4-5;1-4-3-6-5(2)8-7-4;3*1-2/h2*3-4H,1-2H3;3H,1-2H3;3*1-2H3. The fourth-order valence-electron chi connectivity index (χ4n) is 1.30. The smallest absolute Gasteiger partial charge is 0.147 e. The molecule has 7 heteroatoms. The fraction of sp³-hybridized carbons (Fsp3) is 0.522. The van der Waals surface area contributed by atoms with Gasteiger partial charge in [0.05, 0.1) is 11.9 Å². The van der Waals surface area contributed by atoms with Crippen molar-refractivity contribution in [3.8, 4) is 0 Å². The molecule has 3 aromatic rings. The Morgan fingerprint density at radius 1 is 0.400 bits per heavy atom. The molecule has 3 aromatic heterocycles. The van der Waals surface area contributed by atoms with Crippen molar-refractivity contribution in [2.75, 3.05) is 0 Å². The van der Waals surface area contributed by atoms with Crippen molar-refractivity contribution in [2.24, 2.45) is 0 Å². The summed E-state index contributed by atoms with van der Waals surface area (Å²) >= 11 is 0. The Balaban J connectivity index is -0.000000323. The Hall–Kier alpha value is -2.83. The Morgan fingerprint density at radius 3 is 0.900 bits per heavy atom. The van der Waals surface area contributed by atoms with Crippen LogP contribution in [0.15, 0.2) is 31.0 Å². The third kappa shape index (κ3) is 19.9. The molecule has 3 rings (SSSR count). The van der Waals surface area contributed by atoms with Crippen LogP contribution in [0.1, 0.15) is 75.8 Å². The zero-order chi connectivity index (χ0) is 23.9. The number of aromatic nitrogens is 7. The van der Waals surface area contributed by atoms with E-state index in [4.69, 9.17) is 0 Å². The van der Waals surface area contributed by atoms with Crippen LogP contribution in [0.4, 0.5) is 0 Å². The van der Waals surface area contributed by atoms with Gasteiger partial charge in [0.2, 0.25) is 0 Å². The average Bonchev–Trinajstić information content (AvgIpc) is 2.79. The van der Waals surface area contributed by atoms with Crippen molar-refractivity contribution in [1.29, 1.82) is 0 Å². The molecule has 7 nitrogen and oxygen atoms in total. The summed E-state index contributed by atoms with van der Waals surface area (Å²) < 4.78 is 0. The highest BCUT2D eigenvalue weighted by Crippen LogP contribution is 1.90. The predicted molar refractivity (Wildman–Crippen MR) is 126 cm³/mol. The highest BCUT2D eigenvalue weighted by atomic mass is 15.1. The van der Waals surface area contributed by atoms with Crippen LogP contribution >= 0.6 is 0 Å². The zero-order valence-electron chi connectivity index (χ0n) is 21.0. The van der Waals surface area contributed by atoms with Gasteiger partial charge in [-0.2, -0.15) is 5.10 Å². The number of hydrogen-bond donors (Lipinski definition) is 0. The monoisotopic (exact) mass is 415 g/mol. The maximum absolute atomic E-state index is 3.97. The molecule has 0 radical (unpaired) electrons. The van der Waals surface area contributed by atoms with Crippen LogP contribution in [0.2, 0.25) is 0 Å². The van der Waals surface area contributed by atoms with Gasteiger partial charge in [0.25, 0.3) is 0 Å². The Morgan fingerprint density at radius 2 is 0.700 bits per heavy atom. The lowest BCUT2D eigenvalue weighted by atomic mass is 10.4. The Bertz CT molecular complexity index is 544. The van der Waals surface area contributed by atoms with Crippen LogP contribution in [-0.2, 0) is 0 Å². The summed E-state index contributed by atoms with van der Waals surface area (Å²) in [6.07, 6.45) is 8.93. The van der Waals surface area contributed by atoms with Crippen LogP contribution < -0.4 is 0 Å². The summed E-state index contributed by atoms with van der Waals surface area (Å²) in [5.74, 6) is 2.38. The summed E-state index contributed by atoms with van der Waals surface area (Å²) in [6, 6.07) is 0. The second-order valence-electron chi connectivity index (χ2n) is 5.26. The molecule has 0 N–H and O–H groups in total. The maximum Gasteiger partial charge on any atom is 0.147 e. The number of nitrogens with zero attached hydrogens (tertiary/aromatic N) is 7. The third-order valence-electron chi connectivity index (χ3n) is 2.61. The number of hydrogen-bond acceptors (Lipinski definition) is 7. The van der Waals surface area contributed by atoms with Crippen LogP contribution in [0.5, 0.6) is 0 Å². The molecule has 3 heterocycles. The molecular weight excluding hydrogens is 374 g/mol. The zero-order valence-corrected chi connectivity index (χ0v) is 21.0. The van der Waals surface area contributed by atoms with Crippen LogP contribution in [0, 0.1) is 41.5 Å². The molecule has 168 valence electrons. The van der Waals surface area contributed by atoms with Crippen molar-refractivity contribution < 1.29 is 0 Å².